The smallest absolute Gasteiger partial charge is 0.229 e. The van der Waals surface area contributed by atoms with Crippen LogP contribution in [0.2, 0.25) is 0 Å². The van der Waals surface area contributed by atoms with Crippen LogP contribution < -0.4 is 11.1 Å². The lowest BCUT2D eigenvalue weighted by atomic mass is 9.98. The lowest BCUT2D eigenvalue weighted by Crippen LogP contribution is -2.33. The standard InChI is InChI=1S/C16H18N2O2/c17-10-15(13-4-2-1-3-5-13)16(20)18-11-12-6-8-14(19)9-7-12/h1-9,15,19H,10-11,17H2,(H,18,20). The Morgan fingerprint density at radius 2 is 1.75 bits per heavy atom. The minimum atomic E-state index is -0.340. The van der Waals surface area contributed by atoms with Crippen LogP contribution in [0.15, 0.2) is 54.6 Å². The molecule has 2 aromatic carbocycles. The second kappa shape index (κ2) is 6.73. The number of phenolic OH excluding ortho intramolecular Hbond substituents is 1. The summed E-state index contributed by atoms with van der Waals surface area (Å²) in [6.07, 6.45) is 0. The normalized spacial score (nSPS) is 11.8. The number of phenols is 1. The molecule has 1 amide bonds. The van der Waals surface area contributed by atoms with Crippen LogP contribution in [-0.4, -0.2) is 17.6 Å². The first-order valence-corrected chi connectivity index (χ1v) is 6.51. The summed E-state index contributed by atoms with van der Waals surface area (Å²) in [5.41, 5.74) is 7.55. The number of benzene rings is 2. The van der Waals surface area contributed by atoms with E-state index in [2.05, 4.69) is 5.32 Å². The summed E-state index contributed by atoms with van der Waals surface area (Å²) in [5, 5.41) is 12.1. The Bertz CT molecular complexity index is 552. The molecule has 1 unspecified atom stereocenters. The van der Waals surface area contributed by atoms with E-state index in [0.29, 0.717) is 6.54 Å². The molecule has 20 heavy (non-hydrogen) atoms. The quantitative estimate of drug-likeness (QED) is 0.774. The van der Waals surface area contributed by atoms with Gasteiger partial charge >= 0.3 is 0 Å². The van der Waals surface area contributed by atoms with Crippen LogP contribution in [0.1, 0.15) is 17.0 Å². The van der Waals surface area contributed by atoms with Gasteiger partial charge in [0.1, 0.15) is 5.75 Å². The molecule has 4 nitrogen and oxygen atoms in total. The van der Waals surface area contributed by atoms with Gasteiger partial charge in [0, 0.05) is 13.1 Å². The van der Waals surface area contributed by atoms with Crippen LogP contribution >= 0.6 is 0 Å². The molecule has 2 rings (SSSR count). The van der Waals surface area contributed by atoms with Gasteiger partial charge < -0.3 is 16.2 Å². The van der Waals surface area contributed by atoms with Crippen molar-refractivity contribution in [2.24, 2.45) is 5.73 Å². The van der Waals surface area contributed by atoms with Crippen LogP contribution in [0.3, 0.4) is 0 Å². The Morgan fingerprint density at radius 3 is 2.35 bits per heavy atom. The predicted octanol–water partition coefficient (Wildman–Crippen LogP) is 1.75. The highest BCUT2D eigenvalue weighted by Crippen LogP contribution is 2.15. The maximum Gasteiger partial charge on any atom is 0.229 e. The molecule has 0 aliphatic heterocycles. The molecule has 0 bridgehead atoms. The molecule has 1 atom stereocenters. The second-order valence-electron chi connectivity index (χ2n) is 4.58. The van der Waals surface area contributed by atoms with Gasteiger partial charge in [-0.3, -0.25) is 4.79 Å². The predicted molar refractivity (Wildman–Crippen MR) is 78.2 cm³/mol. The molecule has 0 fully saturated rings. The third-order valence-corrected chi connectivity index (χ3v) is 3.16. The number of aromatic hydroxyl groups is 1. The fourth-order valence-corrected chi connectivity index (χ4v) is 2.01. The van der Waals surface area contributed by atoms with Crippen molar-refractivity contribution in [3.05, 3.63) is 65.7 Å². The van der Waals surface area contributed by atoms with Crippen LogP contribution in [0.4, 0.5) is 0 Å². The molecule has 0 saturated carbocycles. The third kappa shape index (κ3) is 3.59. The number of nitrogens with one attached hydrogen (secondary N) is 1. The van der Waals surface area contributed by atoms with E-state index in [9.17, 15) is 9.90 Å². The topological polar surface area (TPSA) is 75.4 Å². The molecule has 0 radical (unpaired) electrons. The lowest BCUT2D eigenvalue weighted by Gasteiger charge is -2.15. The summed E-state index contributed by atoms with van der Waals surface area (Å²) in [4.78, 5) is 12.2. The summed E-state index contributed by atoms with van der Waals surface area (Å²) in [5.74, 6) is -0.218. The molecule has 0 heterocycles. The first-order valence-electron chi connectivity index (χ1n) is 6.51. The van der Waals surface area contributed by atoms with Crippen molar-refractivity contribution in [1.82, 2.24) is 5.32 Å². The van der Waals surface area contributed by atoms with Gasteiger partial charge in [0.25, 0.3) is 0 Å². The van der Waals surface area contributed by atoms with E-state index in [0.717, 1.165) is 11.1 Å². The zero-order valence-electron chi connectivity index (χ0n) is 11.1. The Balaban J connectivity index is 1.98. The van der Waals surface area contributed by atoms with Crippen molar-refractivity contribution < 1.29 is 9.90 Å². The van der Waals surface area contributed by atoms with Crippen molar-refractivity contribution in [3.63, 3.8) is 0 Å². The van der Waals surface area contributed by atoms with Crippen molar-refractivity contribution in [2.45, 2.75) is 12.5 Å². The van der Waals surface area contributed by atoms with Crippen molar-refractivity contribution in [1.29, 1.82) is 0 Å². The van der Waals surface area contributed by atoms with Gasteiger partial charge in [0.2, 0.25) is 5.91 Å². The SMILES string of the molecule is NCC(C(=O)NCc1ccc(O)cc1)c1ccccc1. The number of hydrogen-bond acceptors (Lipinski definition) is 3. The van der Waals surface area contributed by atoms with E-state index in [1.54, 1.807) is 24.3 Å². The highest BCUT2D eigenvalue weighted by Gasteiger charge is 2.18. The van der Waals surface area contributed by atoms with E-state index in [4.69, 9.17) is 5.73 Å². The number of hydrogen-bond donors (Lipinski definition) is 3. The summed E-state index contributed by atoms with van der Waals surface area (Å²) in [6.45, 7) is 0.688. The van der Waals surface area contributed by atoms with Gasteiger partial charge in [0.05, 0.1) is 5.92 Å². The molecular weight excluding hydrogens is 252 g/mol. The highest BCUT2D eigenvalue weighted by atomic mass is 16.3. The largest absolute Gasteiger partial charge is 0.508 e. The molecular formula is C16H18N2O2. The molecule has 0 spiro atoms. The number of carbonyl (C=O) groups is 1. The van der Waals surface area contributed by atoms with E-state index < -0.39 is 0 Å². The number of rotatable bonds is 5. The molecule has 0 aromatic heterocycles. The summed E-state index contributed by atoms with van der Waals surface area (Å²) < 4.78 is 0. The third-order valence-electron chi connectivity index (χ3n) is 3.16. The van der Waals surface area contributed by atoms with Gasteiger partial charge in [-0.1, -0.05) is 42.5 Å². The zero-order chi connectivity index (χ0) is 14.4. The van der Waals surface area contributed by atoms with Crippen molar-refractivity contribution in [2.75, 3.05) is 6.54 Å². The molecule has 104 valence electrons. The molecule has 0 aliphatic rings. The molecule has 4 N–H and O–H groups in total. The molecule has 0 saturated heterocycles. The van der Waals surface area contributed by atoms with Gasteiger partial charge in [-0.25, -0.2) is 0 Å². The minimum Gasteiger partial charge on any atom is -0.508 e. The summed E-state index contributed by atoms with van der Waals surface area (Å²) in [6, 6.07) is 16.2. The monoisotopic (exact) mass is 270 g/mol. The average Bonchev–Trinajstić information content (AvgIpc) is 2.48. The summed E-state index contributed by atoms with van der Waals surface area (Å²) >= 11 is 0. The Morgan fingerprint density at radius 1 is 1.10 bits per heavy atom. The van der Waals surface area contributed by atoms with Crippen LogP contribution in [0.25, 0.3) is 0 Å². The summed E-state index contributed by atoms with van der Waals surface area (Å²) in [7, 11) is 0. The van der Waals surface area contributed by atoms with E-state index >= 15 is 0 Å². The van der Waals surface area contributed by atoms with Gasteiger partial charge in [0.15, 0.2) is 0 Å². The van der Waals surface area contributed by atoms with Crippen LogP contribution in [-0.2, 0) is 11.3 Å². The Kier molecular flexibility index (Phi) is 4.74. The van der Waals surface area contributed by atoms with Gasteiger partial charge in [-0.05, 0) is 23.3 Å². The van der Waals surface area contributed by atoms with E-state index in [1.807, 2.05) is 30.3 Å². The fourth-order valence-electron chi connectivity index (χ4n) is 2.01. The maximum absolute atomic E-state index is 12.2. The molecule has 0 aliphatic carbocycles. The first-order chi connectivity index (χ1) is 9.70. The first kappa shape index (κ1) is 14.1. The van der Waals surface area contributed by atoms with Gasteiger partial charge in [-0.2, -0.15) is 0 Å². The van der Waals surface area contributed by atoms with Crippen molar-refractivity contribution >= 4 is 5.91 Å². The average molecular weight is 270 g/mol. The lowest BCUT2D eigenvalue weighted by molar-refractivity contribution is -0.122. The zero-order valence-corrected chi connectivity index (χ0v) is 11.1. The Labute approximate surface area is 118 Å². The van der Waals surface area contributed by atoms with Crippen LogP contribution in [0, 0.1) is 0 Å². The number of nitrogens with two attached hydrogens (primary N) is 1. The van der Waals surface area contributed by atoms with E-state index in [1.165, 1.54) is 0 Å². The number of amides is 1. The number of carbonyl (C=O) groups excluding carboxylic acids is 1. The minimum absolute atomic E-state index is 0.0909. The highest BCUT2D eigenvalue weighted by molar-refractivity contribution is 5.83. The molecule has 4 heteroatoms. The second-order valence-corrected chi connectivity index (χ2v) is 4.58. The van der Waals surface area contributed by atoms with Crippen LogP contribution in [0.5, 0.6) is 5.75 Å². The fraction of sp³-hybridized carbons (Fsp3) is 0.188. The maximum atomic E-state index is 12.2. The van der Waals surface area contributed by atoms with E-state index in [-0.39, 0.29) is 24.1 Å². The van der Waals surface area contributed by atoms with Crippen molar-refractivity contribution in [3.8, 4) is 5.75 Å². The van der Waals surface area contributed by atoms with Gasteiger partial charge in [-0.15, -0.1) is 0 Å². The molecule has 2 aromatic rings. The Hall–Kier alpha value is -2.33.